The summed E-state index contributed by atoms with van der Waals surface area (Å²) in [4.78, 5) is 4.49. The van der Waals surface area contributed by atoms with Gasteiger partial charge in [0.15, 0.2) is 0 Å². The second-order valence-electron chi connectivity index (χ2n) is 7.78. The van der Waals surface area contributed by atoms with Crippen LogP contribution < -0.4 is 11.1 Å². The number of nitrogens with zero attached hydrogens (tertiary/aromatic N) is 2. The molecule has 5 heteroatoms. The monoisotopic (exact) mass is 408 g/mol. The Balaban J connectivity index is 1.88. The number of rotatable bonds is 10. The molecule has 0 unspecified atom stereocenters. The zero-order valence-corrected chi connectivity index (χ0v) is 18.3. The summed E-state index contributed by atoms with van der Waals surface area (Å²) in [7, 11) is 1.93. The summed E-state index contributed by atoms with van der Waals surface area (Å²) in [6.07, 6.45) is 9.43. The van der Waals surface area contributed by atoms with Gasteiger partial charge in [-0.25, -0.2) is 9.37 Å². The maximum Gasteiger partial charge on any atom is 0.136 e. The van der Waals surface area contributed by atoms with Crippen LogP contribution in [0.1, 0.15) is 50.8 Å². The third kappa shape index (κ3) is 4.90. The van der Waals surface area contributed by atoms with Crippen LogP contribution >= 0.6 is 0 Å². The molecule has 0 bridgehead atoms. The summed E-state index contributed by atoms with van der Waals surface area (Å²) in [5, 5.41) is 3.22. The Kier molecular flexibility index (Phi) is 7.63. The molecule has 0 fully saturated rings. The average molecular weight is 409 g/mol. The molecule has 30 heavy (non-hydrogen) atoms. The van der Waals surface area contributed by atoms with Gasteiger partial charge in [-0.05, 0) is 80.5 Å². The lowest BCUT2D eigenvalue weighted by Crippen LogP contribution is -2.10. The van der Waals surface area contributed by atoms with E-state index in [1.165, 1.54) is 17.0 Å². The summed E-state index contributed by atoms with van der Waals surface area (Å²) in [6, 6.07) is 9.44. The largest absolute Gasteiger partial charge is 0.392 e. The number of hydrogen-bond acceptors (Lipinski definition) is 3. The number of pyridine rings is 1. The summed E-state index contributed by atoms with van der Waals surface area (Å²) in [5.74, 6) is -0.137. The molecule has 2 heterocycles. The molecular formula is C25H33FN4. The zero-order valence-electron chi connectivity index (χ0n) is 18.3. The number of allylic oxidation sites excluding steroid dienone is 1. The first-order valence-corrected chi connectivity index (χ1v) is 10.9. The number of fused-ring (bicyclic) bond motifs is 1. The number of hydrogen-bond donors (Lipinski definition) is 2. The zero-order chi connectivity index (χ0) is 21.5. The van der Waals surface area contributed by atoms with E-state index in [1.807, 2.05) is 31.4 Å². The molecule has 0 aliphatic heterocycles. The highest BCUT2D eigenvalue weighted by Gasteiger charge is 2.13. The number of aromatic nitrogens is 2. The van der Waals surface area contributed by atoms with Crippen LogP contribution in [0.15, 0.2) is 54.0 Å². The second kappa shape index (κ2) is 10.4. The molecule has 1 aromatic carbocycles. The summed E-state index contributed by atoms with van der Waals surface area (Å²) >= 11 is 0. The molecule has 0 amide bonds. The van der Waals surface area contributed by atoms with Crippen LogP contribution in [0.2, 0.25) is 0 Å². The maximum absolute atomic E-state index is 14.8. The van der Waals surface area contributed by atoms with Gasteiger partial charge in [-0.1, -0.05) is 31.1 Å². The molecule has 160 valence electrons. The van der Waals surface area contributed by atoms with E-state index in [1.54, 1.807) is 12.1 Å². The second-order valence-corrected chi connectivity index (χ2v) is 7.78. The fraction of sp³-hybridized carbons (Fsp3) is 0.400. The highest BCUT2D eigenvalue weighted by Crippen LogP contribution is 2.29. The number of imidazole rings is 1. The van der Waals surface area contributed by atoms with Crippen LogP contribution in [-0.4, -0.2) is 23.0 Å². The van der Waals surface area contributed by atoms with E-state index < -0.39 is 0 Å². The van der Waals surface area contributed by atoms with Crippen molar-refractivity contribution in [2.75, 3.05) is 13.6 Å². The minimum Gasteiger partial charge on any atom is -0.392 e. The highest BCUT2D eigenvalue weighted by atomic mass is 19.1. The molecule has 0 saturated carbocycles. The Bertz CT molecular complexity index is 1020. The smallest absolute Gasteiger partial charge is 0.136 e. The molecule has 0 atom stereocenters. The third-order valence-electron chi connectivity index (χ3n) is 5.78. The van der Waals surface area contributed by atoms with Gasteiger partial charge in [-0.3, -0.25) is 0 Å². The van der Waals surface area contributed by atoms with Crippen molar-refractivity contribution in [3.8, 4) is 11.1 Å². The van der Waals surface area contributed by atoms with E-state index in [0.717, 1.165) is 54.4 Å². The van der Waals surface area contributed by atoms with E-state index >= 15 is 0 Å². The minimum atomic E-state index is -0.137. The van der Waals surface area contributed by atoms with E-state index in [-0.39, 0.29) is 5.82 Å². The molecule has 4 nitrogen and oxygen atoms in total. The predicted octanol–water partition coefficient (Wildman–Crippen LogP) is 5.26. The molecule has 3 aromatic rings. The number of aryl methyl sites for hydroxylation is 1. The van der Waals surface area contributed by atoms with Gasteiger partial charge in [0.05, 0.1) is 0 Å². The first kappa shape index (κ1) is 22.0. The van der Waals surface area contributed by atoms with Gasteiger partial charge in [0.25, 0.3) is 0 Å². The number of nitrogens with one attached hydrogen (secondary N) is 1. The van der Waals surface area contributed by atoms with Gasteiger partial charge in [-0.2, -0.15) is 0 Å². The van der Waals surface area contributed by atoms with Gasteiger partial charge in [0.1, 0.15) is 11.5 Å². The van der Waals surface area contributed by atoms with E-state index in [2.05, 4.69) is 34.7 Å². The van der Waals surface area contributed by atoms with Crippen molar-refractivity contribution < 1.29 is 4.39 Å². The van der Waals surface area contributed by atoms with Crippen LogP contribution in [0.4, 0.5) is 4.39 Å². The topological polar surface area (TPSA) is 55.3 Å². The van der Waals surface area contributed by atoms with Crippen molar-refractivity contribution in [3.63, 3.8) is 0 Å². The molecule has 0 aliphatic carbocycles. The van der Waals surface area contributed by atoms with Gasteiger partial charge < -0.3 is 15.5 Å². The van der Waals surface area contributed by atoms with Crippen molar-refractivity contribution in [2.45, 2.75) is 52.4 Å². The van der Waals surface area contributed by atoms with Crippen molar-refractivity contribution in [3.05, 3.63) is 71.1 Å². The maximum atomic E-state index is 14.8. The van der Waals surface area contributed by atoms with Crippen LogP contribution in [-0.2, 0) is 12.8 Å². The molecule has 3 rings (SSSR count). The molecule has 3 N–H and O–H groups in total. The lowest BCUT2D eigenvalue weighted by atomic mass is 9.94. The van der Waals surface area contributed by atoms with Crippen LogP contribution in [0, 0.1) is 5.82 Å². The fourth-order valence-corrected chi connectivity index (χ4v) is 4.04. The first-order chi connectivity index (χ1) is 14.6. The predicted molar refractivity (Wildman–Crippen MR) is 123 cm³/mol. The number of nitrogens with two attached hydrogens (primary N) is 1. The van der Waals surface area contributed by atoms with Gasteiger partial charge in [0, 0.05) is 30.8 Å². The average Bonchev–Trinajstić information content (AvgIpc) is 3.16. The van der Waals surface area contributed by atoms with Crippen LogP contribution in [0.25, 0.3) is 16.8 Å². The van der Waals surface area contributed by atoms with Gasteiger partial charge in [0.2, 0.25) is 0 Å². The normalized spacial score (nSPS) is 12.3. The van der Waals surface area contributed by atoms with Crippen LogP contribution in [0.5, 0.6) is 0 Å². The van der Waals surface area contributed by atoms with Crippen molar-refractivity contribution >= 4 is 5.65 Å². The molecule has 0 spiro atoms. The van der Waals surface area contributed by atoms with Gasteiger partial charge >= 0.3 is 0 Å². The summed E-state index contributed by atoms with van der Waals surface area (Å²) in [5.41, 5.74) is 13.1. The Labute approximate surface area is 179 Å². The third-order valence-corrected chi connectivity index (χ3v) is 5.78. The van der Waals surface area contributed by atoms with Crippen LogP contribution in [0.3, 0.4) is 0 Å². The SMILES string of the molecule is CCCc1cnc2ccc(-c3cccc(F)c3CCC/C(CCN)=C(\C)NC)cn12. The molecule has 0 aliphatic rings. The number of benzene rings is 1. The molecule has 0 saturated heterocycles. The summed E-state index contributed by atoms with van der Waals surface area (Å²) in [6.45, 7) is 4.87. The fourth-order valence-electron chi connectivity index (χ4n) is 4.04. The molecule has 0 radical (unpaired) electrons. The standard InChI is InChI=1S/C25H33FN4/c1-4-7-21-16-29-25-13-12-20(17-30(21)25)22-9-6-11-24(26)23(22)10-5-8-19(14-15-27)18(2)28-3/h6,9,11-13,16-17,28H,4-5,7-8,10,14-15,27H2,1-3H3/b19-18-. The van der Waals surface area contributed by atoms with E-state index in [9.17, 15) is 4.39 Å². The lowest BCUT2D eigenvalue weighted by Gasteiger charge is -2.14. The summed E-state index contributed by atoms with van der Waals surface area (Å²) < 4.78 is 17.0. The Hall–Kier alpha value is -2.66. The quantitative estimate of drug-likeness (QED) is 0.481. The highest BCUT2D eigenvalue weighted by molar-refractivity contribution is 5.68. The van der Waals surface area contributed by atoms with E-state index in [0.29, 0.717) is 13.0 Å². The van der Waals surface area contributed by atoms with Crippen molar-refractivity contribution in [1.29, 1.82) is 0 Å². The Morgan fingerprint density at radius 2 is 2.00 bits per heavy atom. The Morgan fingerprint density at radius 1 is 1.17 bits per heavy atom. The number of halogens is 1. The van der Waals surface area contributed by atoms with Gasteiger partial charge in [-0.15, -0.1) is 0 Å². The minimum absolute atomic E-state index is 0.137. The Morgan fingerprint density at radius 3 is 2.73 bits per heavy atom. The van der Waals surface area contributed by atoms with E-state index in [4.69, 9.17) is 5.73 Å². The lowest BCUT2D eigenvalue weighted by molar-refractivity contribution is 0.603. The molecular weight excluding hydrogens is 375 g/mol. The molecule has 2 aromatic heterocycles. The van der Waals surface area contributed by atoms with Crippen molar-refractivity contribution in [1.82, 2.24) is 14.7 Å². The van der Waals surface area contributed by atoms with Crippen molar-refractivity contribution in [2.24, 2.45) is 5.73 Å². The first-order valence-electron chi connectivity index (χ1n) is 10.9.